The number of carboxylic acids is 1. The van der Waals surface area contributed by atoms with Crippen LogP contribution in [0.1, 0.15) is 0 Å². The van der Waals surface area contributed by atoms with Gasteiger partial charge in [0.05, 0.1) is 0 Å². The molecule has 0 radical (unpaired) electrons. The molecule has 4 aliphatic rings. The molecule has 0 aromatic carbocycles. The Morgan fingerprint density at radius 3 is 3.09 bits per heavy atom. The van der Waals surface area contributed by atoms with Crippen molar-refractivity contribution in [1.82, 2.24) is 20.2 Å². The van der Waals surface area contributed by atoms with Crippen molar-refractivity contribution in [3.63, 3.8) is 0 Å². The molecule has 0 saturated carbocycles. The Balaban J connectivity index is 1.63. The number of nitrogens with one attached hydrogen (secondary N) is 1. The second-order valence-corrected chi connectivity index (χ2v) is 6.61. The quantitative estimate of drug-likeness (QED) is 0.596. The summed E-state index contributed by atoms with van der Waals surface area (Å²) in [7, 11) is 0. The lowest BCUT2D eigenvalue weighted by molar-refractivity contribution is -0.148. The van der Waals surface area contributed by atoms with Crippen molar-refractivity contribution in [2.75, 3.05) is 12.3 Å². The van der Waals surface area contributed by atoms with Gasteiger partial charge >= 0.3 is 5.97 Å². The number of thioether (sulfide) groups is 1. The van der Waals surface area contributed by atoms with Crippen molar-refractivity contribution in [3.8, 4) is 0 Å². The molecule has 4 aliphatic heterocycles. The van der Waals surface area contributed by atoms with E-state index in [1.165, 1.54) is 16.7 Å². The van der Waals surface area contributed by atoms with Gasteiger partial charge in [-0.3, -0.25) is 9.69 Å². The first-order valence-electron chi connectivity index (χ1n) is 7.10. The van der Waals surface area contributed by atoms with E-state index in [2.05, 4.69) is 5.43 Å². The third-order valence-corrected chi connectivity index (χ3v) is 5.50. The van der Waals surface area contributed by atoms with E-state index in [9.17, 15) is 14.7 Å². The molecule has 0 aliphatic carbocycles. The average Bonchev–Trinajstić information content (AvgIpc) is 2.96. The first kappa shape index (κ1) is 14.2. The van der Waals surface area contributed by atoms with Crippen LogP contribution in [0.15, 0.2) is 47.8 Å². The van der Waals surface area contributed by atoms with Crippen molar-refractivity contribution in [1.29, 1.82) is 0 Å². The number of nitrogens with zero attached hydrogens (tertiary/aromatic N) is 3. The standard InChI is InChI=1S/C14H15N5O3S/c15-10-12(20)19-11(14(21)22)8(7-23-13(10)19)6-17-4-5-18-9(17)2-1-3-16-18/h1-5,10,13,16H,6-7,15H2,(H,21,22). The first-order chi connectivity index (χ1) is 11.1. The van der Waals surface area contributed by atoms with Crippen molar-refractivity contribution in [3.05, 3.63) is 47.8 Å². The van der Waals surface area contributed by atoms with Gasteiger partial charge in [-0.2, -0.15) is 0 Å². The summed E-state index contributed by atoms with van der Waals surface area (Å²) in [6.45, 7) is 0.411. The number of carbonyl (C=O) groups is 2. The predicted octanol–water partition coefficient (Wildman–Crippen LogP) is -0.470. The molecule has 2 unspecified atom stereocenters. The number of fused-ring (bicyclic) bond motifs is 2. The number of β-lactam (4-membered cyclic amide) rings is 1. The summed E-state index contributed by atoms with van der Waals surface area (Å²) >= 11 is 1.51. The van der Waals surface area contributed by atoms with Crippen molar-refractivity contribution in [2.45, 2.75) is 11.4 Å². The van der Waals surface area contributed by atoms with E-state index in [4.69, 9.17) is 5.73 Å². The first-order valence-corrected chi connectivity index (χ1v) is 8.15. The molecular formula is C14H15N5O3S. The van der Waals surface area contributed by atoms with Crippen LogP contribution in [0.25, 0.3) is 0 Å². The molecule has 8 nitrogen and oxygen atoms in total. The molecule has 0 aromatic rings. The summed E-state index contributed by atoms with van der Waals surface area (Å²) in [6, 6.07) is -0.603. The minimum Gasteiger partial charge on any atom is -0.477 e. The number of rotatable bonds is 3. The molecule has 1 amide bonds. The van der Waals surface area contributed by atoms with Crippen LogP contribution in [0.5, 0.6) is 0 Å². The molecular weight excluding hydrogens is 318 g/mol. The van der Waals surface area contributed by atoms with Gasteiger partial charge in [0, 0.05) is 30.9 Å². The molecule has 2 atom stereocenters. The van der Waals surface area contributed by atoms with Gasteiger partial charge in [0.25, 0.3) is 0 Å². The van der Waals surface area contributed by atoms with Crippen LogP contribution < -0.4 is 11.2 Å². The maximum atomic E-state index is 11.9. The van der Waals surface area contributed by atoms with Gasteiger partial charge in [0.1, 0.15) is 22.9 Å². The number of amides is 1. The highest BCUT2D eigenvalue weighted by molar-refractivity contribution is 8.00. The van der Waals surface area contributed by atoms with Crippen molar-refractivity contribution < 1.29 is 14.7 Å². The smallest absolute Gasteiger partial charge is 0.352 e. The zero-order valence-electron chi connectivity index (χ0n) is 12.0. The van der Waals surface area contributed by atoms with E-state index in [1.807, 2.05) is 34.5 Å². The van der Waals surface area contributed by atoms with Gasteiger partial charge in [0.15, 0.2) is 0 Å². The number of hydrazine groups is 1. The molecule has 120 valence electrons. The number of hydrogen-bond donors (Lipinski definition) is 3. The molecule has 9 heteroatoms. The summed E-state index contributed by atoms with van der Waals surface area (Å²) in [6.07, 6.45) is 9.35. The van der Waals surface area contributed by atoms with Gasteiger partial charge in [0.2, 0.25) is 5.91 Å². The second kappa shape index (κ2) is 5.07. The fourth-order valence-corrected chi connectivity index (χ4v) is 4.30. The van der Waals surface area contributed by atoms with E-state index < -0.39 is 12.0 Å². The predicted molar refractivity (Wildman–Crippen MR) is 83.8 cm³/mol. The minimum absolute atomic E-state index is 0.0761. The van der Waals surface area contributed by atoms with Crippen LogP contribution in [0.4, 0.5) is 0 Å². The Labute approximate surface area is 136 Å². The van der Waals surface area contributed by atoms with Gasteiger partial charge in [-0.15, -0.1) is 11.8 Å². The molecule has 23 heavy (non-hydrogen) atoms. The number of hydrogen-bond acceptors (Lipinski definition) is 7. The van der Waals surface area contributed by atoms with Crippen LogP contribution in [0.3, 0.4) is 0 Å². The van der Waals surface area contributed by atoms with E-state index >= 15 is 0 Å². The Morgan fingerprint density at radius 2 is 2.30 bits per heavy atom. The molecule has 4 heterocycles. The van der Waals surface area contributed by atoms with E-state index in [1.54, 1.807) is 6.20 Å². The van der Waals surface area contributed by atoms with Crippen LogP contribution >= 0.6 is 11.8 Å². The zero-order chi connectivity index (χ0) is 16.1. The Bertz CT molecular complexity index is 713. The molecule has 4 rings (SSSR count). The van der Waals surface area contributed by atoms with E-state index in [0.717, 1.165) is 5.82 Å². The lowest BCUT2D eigenvalue weighted by Gasteiger charge is -2.48. The summed E-state index contributed by atoms with van der Waals surface area (Å²) in [5, 5.41) is 11.1. The van der Waals surface area contributed by atoms with Crippen molar-refractivity contribution >= 4 is 23.6 Å². The maximum absolute atomic E-state index is 11.9. The molecule has 0 spiro atoms. The van der Waals surface area contributed by atoms with Crippen LogP contribution in [0.2, 0.25) is 0 Å². The maximum Gasteiger partial charge on any atom is 0.352 e. The van der Waals surface area contributed by atoms with Crippen LogP contribution in [0, 0.1) is 0 Å². The molecule has 4 N–H and O–H groups in total. The number of carboxylic acid groups (broad SMARTS) is 1. The zero-order valence-corrected chi connectivity index (χ0v) is 12.9. The third-order valence-electron chi connectivity index (χ3n) is 4.14. The highest BCUT2D eigenvalue weighted by atomic mass is 32.2. The number of aliphatic carboxylic acids is 1. The van der Waals surface area contributed by atoms with Crippen LogP contribution in [-0.2, 0) is 9.59 Å². The summed E-state index contributed by atoms with van der Waals surface area (Å²) in [5.74, 6) is 0.0481. The van der Waals surface area contributed by atoms with Crippen LogP contribution in [-0.4, -0.2) is 55.5 Å². The largest absolute Gasteiger partial charge is 0.477 e. The summed E-state index contributed by atoms with van der Waals surface area (Å²) in [4.78, 5) is 26.9. The Kier molecular flexibility index (Phi) is 3.13. The lowest BCUT2D eigenvalue weighted by atomic mass is 10.0. The fourth-order valence-electron chi connectivity index (χ4n) is 3.02. The molecule has 1 saturated heterocycles. The highest BCUT2D eigenvalue weighted by Gasteiger charge is 2.51. The lowest BCUT2D eigenvalue weighted by Crippen LogP contribution is -2.68. The molecule has 0 bridgehead atoms. The van der Waals surface area contributed by atoms with Gasteiger partial charge in [-0.25, -0.2) is 9.80 Å². The number of carbonyl (C=O) groups excluding carboxylic acids is 1. The summed E-state index contributed by atoms with van der Waals surface area (Å²) < 4.78 is 0. The third kappa shape index (κ3) is 2.04. The number of nitrogens with two attached hydrogens (primary N) is 1. The fraction of sp³-hybridized carbons (Fsp3) is 0.286. The monoisotopic (exact) mass is 333 g/mol. The van der Waals surface area contributed by atoms with Crippen molar-refractivity contribution in [2.24, 2.45) is 5.73 Å². The normalized spacial score (nSPS) is 28.3. The number of allylic oxidation sites excluding steroid dienone is 2. The van der Waals surface area contributed by atoms with Gasteiger partial charge < -0.3 is 21.2 Å². The molecule has 0 aromatic heterocycles. The minimum atomic E-state index is -1.08. The second-order valence-electron chi connectivity index (χ2n) is 5.50. The highest BCUT2D eigenvalue weighted by Crippen LogP contribution is 2.40. The van der Waals surface area contributed by atoms with E-state index in [-0.39, 0.29) is 17.0 Å². The molecule has 1 fully saturated rings. The van der Waals surface area contributed by atoms with Gasteiger partial charge in [-0.05, 0) is 17.7 Å². The Hall–Kier alpha value is -2.39. The Morgan fingerprint density at radius 1 is 1.48 bits per heavy atom. The van der Waals surface area contributed by atoms with Gasteiger partial charge in [-0.1, -0.05) is 0 Å². The summed E-state index contributed by atoms with van der Waals surface area (Å²) in [5.41, 5.74) is 9.60. The average molecular weight is 333 g/mol. The SMILES string of the molecule is NC1C(=O)N2C(C(=O)O)=C(CN3C=CN4NC=CC=C34)CSC12. The van der Waals surface area contributed by atoms with E-state index in [0.29, 0.717) is 17.9 Å². The topological polar surface area (TPSA) is 102 Å².